The van der Waals surface area contributed by atoms with E-state index in [1.54, 1.807) is 0 Å². The molecule has 0 aliphatic rings. The van der Waals surface area contributed by atoms with Gasteiger partial charge in [-0.25, -0.2) is 0 Å². The van der Waals surface area contributed by atoms with Crippen LogP contribution in [0.1, 0.15) is 134 Å². The summed E-state index contributed by atoms with van der Waals surface area (Å²) in [5, 5.41) is 0. The van der Waals surface area contributed by atoms with Crippen molar-refractivity contribution < 1.29 is 0 Å². The van der Waals surface area contributed by atoms with Crippen molar-refractivity contribution in [2.75, 3.05) is 0 Å². The minimum absolute atomic E-state index is 0. The number of rotatable bonds is 6. The molecule has 0 heteroatoms. The van der Waals surface area contributed by atoms with Crippen LogP contribution < -0.4 is 0 Å². The highest BCUT2D eigenvalue weighted by Gasteiger charge is 2.00. The zero-order valence-corrected chi connectivity index (χ0v) is 46.5. The Kier molecular flexibility index (Phi) is 36.7. The Morgan fingerprint density at radius 2 is 0.375 bits per heavy atom. The van der Waals surface area contributed by atoms with Crippen molar-refractivity contribution in [1.29, 1.82) is 0 Å². The van der Waals surface area contributed by atoms with Gasteiger partial charge in [-0.3, -0.25) is 0 Å². The maximum Gasteiger partial charge on any atom is -0.00256 e. The molecule has 0 nitrogen and oxygen atoms in total. The monoisotopic (exact) mass is 1060 g/mol. The largest absolute Gasteiger partial charge is 0.0776 e. The van der Waals surface area contributed by atoms with Gasteiger partial charge in [-0.2, -0.15) is 0 Å². The van der Waals surface area contributed by atoms with Crippen LogP contribution >= 0.6 is 0 Å². The van der Waals surface area contributed by atoms with Gasteiger partial charge in [0.1, 0.15) is 0 Å². The SMILES string of the molecule is C.C.C.C.C.C.Cc1ccc(-c2ccc(C)cc2)cc1.Cc1ccc(C)cc1.Cc1ccc(Cc2ccc(C)cc2)cc1.Cc1cccc(-c2cccc(C)c2)c1.Cc1cccc(C)c1.Cc1cccc(Cc2cccc(C)c2)c1. The predicted molar refractivity (Wildman–Crippen MR) is 365 cm³/mol. The minimum atomic E-state index is 0. The van der Waals surface area contributed by atoms with E-state index in [1.165, 1.54) is 111 Å². The van der Waals surface area contributed by atoms with Crippen molar-refractivity contribution >= 4 is 0 Å². The summed E-state index contributed by atoms with van der Waals surface area (Å²) in [7, 11) is 0. The van der Waals surface area contributed by atoms with E-state index in [-0.39, 0.29) is 44.6 Å². The van der Waals surface area contributed by atoms with Crippen molar-refractivity contribution in [3.05, 3.63) is 332 Å². The predicted octanol–water partition coefficient (Wildman–Crippen LogP) is 24.2. The Morgan fingerprint density at radius 1 is 0.163 bits per heavy atom. The molecule has 10 aromatic carbocycles. The zero-order valence-electron chi connectivity index (χ0n) is 46.5. The highest BCUT2D eigenvalue weighted by atomic mass is 14.1. The highest BCUT2D eigenvalue weighted by Crippen LogP contribution is 2.22. The van der Waals surface area contributed by atoms with E-state index in [0.717, 1.165) is 12.8 Å². The third-order valence-electron chi connectivity index (χ3n) is 12.4. The molecule has 0 bridgehead atoms. The molecular weight excluding hydrogens is 961 g/mol. The second kappa shape index (κ2) is 39.5. The molecule has 0 spiro atoms. The van der Waals surface area contributed by atoms with Gasteiger partial charge in [0.2, 0.25) is 0 Å². The van der Waals surface area contributed by atoms with Crippen molar-refractivity contribution in [2.45, 2.75) is 140 Å². The molecule has 0 N–H and O–H groups in total. The van der Waals surface area contributed by atoms with E-state index in [9.17, 15) is 0 Å². The van der Waals surface area contributed by atoms with Crippen LogP contribution in [0, 0.1) is 83.1 Å². The fraction of sp³-hybridized carbons (Fsp3) is 0.250. The van der Waals surface area contributed by atoms with Crippen LogP contribution in [0.5, 0.6) is 0 Å². The smallest absolute Gasteiger partial charge is 0.00256 e. The highest BCUT2D eigenvalue weighted by molar-refractivity contribution is 5.65. The molecule has 10 aromatic rings. The summed E-state index contributed by atoms with van der Waals surface area (Å²) >= 11 is 0. The quantitative estimate of drug-likeness (QED) is 0.156. The summed E-state index contributed by atoms with van der Waals surface area (Å²) in [5.41, 5.74) is 26.6. The van der Waals surface area contributed by atoms with E-state index in [1.807, 2.05) is 0 Å². The fourth-order valence-electron chi connectivity index (χ4n) is 8.11. The van der Waals surface area contributed by atoms with Crippen molar-refractivity contribution in [3.63, 3.8) is 0 Å². The lowest BCUT2D eigenvalue weighted by Crippen LogP contribution is -1.89. The normalized spacial score (nSPS) is 9.25. The summed E-state index contributed by atoms with van der Waals surface area (Å²) < 4.78 is 0. The van der Waals surface area contributed by atoms with Crippen molar-refractivity contribution in [1.82, 2.24) is 0 Å². The van der Waals surface area contributed by atoms with Crippen LogP contribution in [0.25, 0.3) is 22.3 Å². The second-order valence-electron chi connectivity index (χ2n) is 20.1. The van der Waals surface area contributed by atoms with Gasteiger partial charge in [-0.1, -0.05) is 354 Å². The number of hydrogen-bond donors (Lipinski definition) is 0. The fourth-order valence-corrected chi connectivity index (χ4v) is 8.11. The first kappa shape index (κ1) is 74.3. The summed E-state index contributed by atoms with van der Waals surface area (Å²) in [5.74, 6) is 0. The van der Waals surface area contributed by atoms with Crippen LogP contribution in [-0.4, -0.2) is 0 Å². The topological polar surface area (TPSA) is 0 Å². The Labute approximate surface area is 491 Å². The molecule has 0 saturated carbocycles. The molecule has 0 heterocycles. The van der Waals surface area contributed by atoms with Crippen LogP contribution in [0.15, 0.2) is 243 Å². The standard InChI is InChI=1S/2C15H16.2C14H14.2C8H10.6CH4/c1-12-3-7-14(8-4-12)11-15-9-5-13(2)6-10-15;1-12-5-3-7-14(9-12)11-15-8-4-6-13(2)10-15;1-11-3-7-13(8-4-11)14-9-5-12(2)6-10-14;1-11-5-3-7-13(9-11)14-8-4-6-12(2)10-14;1-7-3-5-8(2)6-4-7;1-7-4-3-5-8(2)6-7;;;;;;/h2*3-10H,11H2,1-2H3;2*3-10H,1-2H3;2*3-6H,1-2H3;6*1H4. The van der Waals surface area contributed by atoms with E-state index in [4.69, 9.17) is 0 Å². The maximum absolute atomic E-state index is 2.25. The van der Waals surface area contributed by atoms with E-state index < -0.39 is 0 Å². The lowest BCUT2D eigenvalue weighted by molar-refractivity contribution is 1.17. The van der Waals surface area contributed by atoms with E-state index in [0.29, 0.717) is 0 Å². The van der Waals surface area contributed by atoms with Crippen molar-refractivity contribution in [2.24, 2.45) is 0 Å². The van der Waals surface area contributed by atoms with E-state index in [2.05, 4.69) is 326 Å². The zero-order chi connectivity index (χ0) is 53.2. The first-order chi connectivity index (χ1) is 35.6. The third-order valence-corrected chi connectivity index (χ3v) is 12.4. The molecule has 0 aromatic heterocycles. The Hall–Kier alpha value is -7.80. The van der Waals surface area contributed by atoms with Crippen LogP contribution in [0.4, 0.5) is 0 Å². The van der Waals surface area contributed by atoms with Gasteiger partial charge in [0.15, 0.2) is 0 Å². The first-order valence-electron chi connectivity index (χ1n) is 26.1. The number of hydrogen-bond acceptors (Lipinski definition) is 0. The van der Waals surface area contributed by atoms with E-state index >= 15 is 0 Å². The van der Waals surface area contributed by atoms with Crippen molar-refractivity contribution in [3.8, 4) is 22.3 Å². The van der Waals surface area contributed by atoms with Crippen LogP contribution in [-0.2, 0) is 12.8 Å². The van der Waals surface area contributed by atoms with Gasteiger partial charge >= 0.3 is 0 Å². The second-order valence-corrected chi connectivity index (χ2v) is 20.1. The molecule has 0 saturated heterocycles. The summed E-state index contributed by atoms with van der Waals surface area (Å²) in [6.07, 6.45) is 2.06. The lowest BCUT2D eigenvalue weighted by Gasteiger charge is -2.03. The van der Waals surface area contributed by atoms with Gasteiger partial charge in [0, 0.05) is 0 Å². The molecule has 0 amide bonds. The van der Waals surface area contributed by atoms with Gasteiger partial charge in [-0.15, -0.1) is 0 Å². The lowest BCUT2D eigenvalue weighted by atomic mass is 10.0. The summed E-state index contributed by atoms with van der Waals surface area (Å²) in [4.78, 5) is 0. The summed E-state index contributed by atoms with van der Waals surface area (Å²) in [6, 6.07) is 86.3. The average Bonchev–Trinajstić information content (AvgIpc) is 3.38. The molecular formula is C80H104. The van der Waals surface area contributed by atoms with Crippen LogP contribution in [0.3, 0.4) is 0 Å². The molecule has 0 fully saturated rings. The molecule has 0 aliphatic carbocycles. The van der Waals surface area contributed by atoms with Gasteiger partial charge in [0.05, 0.1) is 0 Å². The molecule has 80 heavy (non-hydrogen) atoms. The first-order valence-corrected chi connectivity index (χ1v) is 26.1. The molecule has 10 rings (SSSR count). The number of aryl methyl sites for hydroxylation is 12. The Bertz CT molecular complexity index is 2950. The van der Waals surface area contributed by atoms with Gasteiger partial charge < -0.3 is 0 Å². The Balaban J connectivity index is 0. The minimum Gasteiger partial charge on any atom is -0.0776 e. The molecule has 0 unspecified atom stereocenters. The number of benzene rings is 10. The Morgan fingerprint density at radius 3 is 0.625 bits per heavy atom. The molecule has 424 valence electrons. The van der Waals surface area contributed by atoms with Crippen LogP contribution in [0.2, 0.25) is 0 Å². The maximum atomic E-state index is 2.25. The molecule has 0 aliphatic heterocycles. The molecule has 0 radical (unpaired) electrons. The van der Waals surface area contributed by atoms with Gasteiger partial charge in [-0.05, 0) is 140 Å². The average molecular weight is 1070 g/mol. The van der Waals surface area contributed by atoms with Gasteiger partial charge in [0.25, 0.3) is 0 Å². The summed E-state index contributed by atoms with van der Waals surface area (Å²) in [6.45, 7) is 25.4. The third kappa shape index (κ3) is 28.7. The molecule has 0 atom stereocenters.